The van der Waals surface area contributed by atoms with Crippen LogP contribution in [0.15, 0.2) is 18.2 Å². The van der Waals surface area contributed by atoms with Crippen molar-refractivity contribution < 1.29 is 14.6 Å². The molecule has 4 nitrogen and oxygen atoms in total. The number of rotatable bonds is 4. The monoisotopic (exact) mass is 209 g/mol. The molecule has 1 aromatic carbocycles. The minimum absolute atomic E-state index is 0.318. The summed E-state index contributed by atoms with van der Waals surface area (Å²) in [4.78, 5) is 10.6. The SMILES string of the molecule is COc1cccc(CC(N)C(=O)O)c1C. The fourth-order valence-corrected chi connectivity index (χ4v) is 1.43. The largest absolute Gasteiger partial charge is 0.496 e. The number of hydrogen-bond acceptors (Lipinski definition) is 3. The number of ether oxygens (including phenoxy) is 1. The van der Waals surface area contributed by atoms with Crippen molar-refractivity contribution in [2.24, 2.45) is 5.73 Å². The Kier molecular flexibility index (Phi) is 3.68. The summed E-state index contributed by atoms with van der Waals surface area (Å²) in [6, 6.07) is 4.66. The smallest absolute Gasteiger partial charge is 0.320 e. The molecule has 0 heterocycles. The van der Waals surface area contributed by atoms with Crippen LogP contribution in [0, 0.1) is 6.92 Å². The van der Waals surface area contributed by atoms with E-state index in [1.807, 2.05) is 25.1 Å². The van der Waals surface area contributed by atoms with Gasteiger partial charge in [-0.3, -0.25) is 4.79 Å². The van der Waals surface area contributed by atoms with Gasteiger partial charge in [0, 0.05) is 0 Å². The van der Waals surface area contributed by atoms with Crippen molar-refractivity contribution in [1.29, 1.82) is 0 Å². The van der Waals surface area contributed by atoms with Crippen LogP contribution in [-0.2, 0) is 11.2 Å². The highest BCUT2D eigenvalue weighted by molar-refractivity contribution is 5.73. The van der Waals surface area contributed by atoms with Crippen molar-refractivity contribution in [2.45, 2.75) is 19.4 Å². The Balaban J connectivity index is 2.90. The summed E-state index contributed by atoms with van der Waals surface area (Å²) in [5.41, 5.74) is 7.32. The molecule has 0 radical (unpaired) electrons. The lowest BCUT2D eigenvalue weighted by Gasteiger charge is -2.12. The average Bonchev–Trinajstić information content (AvgIpc) is 2.21. The summed E-state index contributed by atoms with van der Waals surface area (Å²) in [6.45, 7) is 1.89. The minimum atomic E-state index is -0.989. The summed E-state index contributed by atoms with van der Waals surface area (Å²) < 4.78 is 5.14. The zero-order chi connectivity index (χ0) is 11.4. The molecule has 0 amide bonds. The zero-order valence-corrected chi connectivity index (χ0v) is 8.86. The predicted octanol–water partition coefficient (Wildman–Crippen LogP) is 0.958. The maximum Gasteiger partial charge on any atom is 0.320 e. The van der Waals surface area contributed by atoms with Crippen LogP contribution in [0.5, 0.6) is 5.75 Å². The van der Waals surface area contributed by atoms with Crippen LogP contribution in [0.1, 0.15) is 11.1 Å². The number of nitrogens with two attached hydrogens (primary N) is 1. The van der Waals surface area contributed by atoms with Gasteiger partial charge in [0.15, 0.2) is 0 Å². The molecule has 0 spiro atoms. The second-order valence-electron chi connectivity index (χ2n) is 3.39. The number of benzene rings is 1. The van der Waals surface area contributed by atoms with E-state index < -0.39 is 12.0 Å². The van der Waals surface area contributed by atoms with E-state index in [-0.39, 0.29) is 0 Å². The van der Waals surface area contributed by atoms with Gasteiger partial charge in [-0.2, -0.15) is 0 Å². The summed E-state index contributed by atoms with van der Waals surface area (Å²) in [6.07, 6.45) is 0.318. The van der Waals surface area contributed by atoms with Crippen molar-refractivity contribution in [3.8, 4) is 5.75 Å². The third-order valence-corrected chi connectivity index (χ3v) is 2.37. The van der Waals surface area contributed by atoms with E-state index in [2.05, 4.69) is 0 Å². The Morgan fingerprint density at radius 1 is 1.60 bits per heavy atom. The van der Waals surface area contributed by atoms with E-state index in [1.165, 1.54) is 0 Å². The zero-order valence-electron chi connectivity index (χ0n) is 8.86. The van der Waals surface area contributed by atoms with Gasteiger partial charge in [0.05, 0.1) is 7.11 Å². The van der Waals surface area contributed by atoms with Gasteiger partial charge in [0.2, 0.25) is 0 Å². The first-order valence-electron chi connectivity index (χ1n) is 4.67. The van der Waals surface area contributed by atoms with Crippen molar-refractivity contribution in [3.05, 3.63) is 29.3 Å². The van der Waals surface area contributed by atoms with E-state index >= 15 is 0 Å². The number of aliphatic carboxylic acids is 1. The Morgan fingerprint density at radius 2 is 2.27 bits per heavy atom. The second kappa shape index (κ2) is 4.79. The number of methoxy groups -OCH3 is 1. The number of carbonyl (C=O) groups is 1. The third kappa shape index (κ3) is 2.70. The van der Waals surface area contributed by atoms with Crippen LogP contribution in [0.2, 0.25) is 0 Å². The highest BCUT2D eigenvalue weighted by Gasteiger charge is 2.14. The molecule has 4 heteroatoms. The van der Waals surface area contributed by atoms with E-state index in [4.69, 9.17) is 15.6 Å². The quantitative estimate of drug-likeness (QED) is 0.774. The van der Waals surface area contributed by atoms with Gasteiger partial charge in [0.25, 0.3) is 0 Å². The molecular formula is C11H15NO3. The molecule has 1 unspecified atom stereocenters. The van der Waals surface area contributed by atoms with E-state index in [9.17, 15) is 4.79 Å². The summed E-state index contributed by atoms with van der Waals surface area (Å²) in [5.74, 6) is -0.234. The maximum atomic E-state index is 10.6. The molecule has 15 heavy (non-hydrogen) atoms. The molecule has 1 aromatic rings. The second-order valence-corrected chi connectivity index (χ2v) is 3.39. The Morgan fingerprint density at radius 3 is 2.80 bits per heavy atom. The molecule has 0 aliphatic heterocycles. The minimum Gasteiger partial charge on any atom is -0.496 e. The van der Waals surface area contributed by atoms with Crippen LogP contribution in [0.4, 0.5) is 0 Å². The topological polar surface area (TPSA) is 72.5 Å². The van der Waals surface area contributed by atoms with Gasteiger partial charge in [-0.05, 0) is 30.5 Å². The van der Waals surface area contributed by atoms with Gasteiger partial charge < -0.3 is 15.6 Å². The van der Waals surface area contributed by atoms with Crippen molar-refractivity contribution in [2.75, 3.05) is 7.11 Å². The maximum absolute atomic E-state index is 10.6. The molecule has 0 aliphatic rings. The van der Waals surface area contributed by atoms with Gasteiger partial charge in [-0.1, -0.05) is 12.1 Å². The first-order valence-corrected chi connectivity index (χ1v) is 4.67. The molecule has 0 fully saturated rings. The van der Waals surface area contributed by atoms with Crippen molar-refractivity contribution in [1.82, 2.24) is 0 Å². The van der Waals surface area contributed by atoms with Crippen LogP contribution in [0.25, 0.3) is 0 Å². The highest BCUT2D eigenvalue weighted by atomic mass is 16.5. The van der Waals surface area contributed by atoms with Crippen LogP contribution >= 0.6 is 0 Å². The molecule has 0 bridgehead atoms. The molecule has 3 N–H and O–H groups in total. The molecule has 82 valence electrons. The Labute approximate surface area is 88.7 Å². The predicted molar refractivity (Wildman–Crippen MR) is 57.0 cm³/mol. The molecule has 1 rings (SSSR count). The van der Waals surface area contributed by atoms with Gasteiger partial charge >= 0.3 is 5.97 Å². The lowest BCUT2D eigenvalue weighted by molar-refractivity contribution is -0.138. The van der Waals surface area contributed by atoms with Gasteiger partial charge in [0.1, 0.15) is 11.8 Å². The normalized spacial score (nSPS) is 12.2. The Hall–Kier alpha value is -1.55. The van der Waals surface area contributed by atoms with Crippen LogP contribution in [-0.4, -0.2) is 24.2 Å². The van der Waals surface area contributed by atoms with Crippen LogP contribution < -0.4 is 10.5 Å². The highest BCUT2D eigenvalue weighted by Crippen LogP contribution is 2.21. The molecule has 0 saturated carbocycles. The van der Waals surface area contributed by atoms with E-state index in [0.29, 0.717) is 6.42 Å². The first kappa shape index (κ1) is 11.5. The lowest BCUT2D eigenvalue weighted by atomic mass is 10.0. The summed E-state index contributed by atoms with van der Waals surface area (Å²) >= 11 is 0. The van der Waals surface area contributed by atoms with Gasteiger partial charge in [-0.25, -0.2) is 0 Å². The summed E-state index contributed by atoms with van der Waals surface area (Å²) in [5, 5.41) is 8.70. The molecular weight excluding hydrogens is 194 g/mol. The van der Waals surface area contributed by atoms with Crippen molar-refractivity contribution in [3.63, 3.8) is 0 Å². The number of carboxylic acid groups (broad SMARTS) is 1. The molecule has 0 saturated heterocycles. The van der Waals surface area contributed by atoms with E-state index in [0.717, 1.165) is 16.9 Å². The van der Waals surface area contributed by atoms with Crippen LogP contribution in [0.3, 0.4) is 0 Å². The number of hydrogen-bond donors (Lipinski definition) is 2. The molecule has 0 aromatic heterocycles. The summed E-state index contributed by atoms with van der Waals surface area (Å²) in [7, 11) is 1.59. The fraction of sp³-hybridized carbons (Fsp3) is 0.364. The standard InChI is InChI=1S/C11H15NO3/c1-7-8(6-9(12)11(13)14)4-3-5-10(7)15-2/h3-5,9H,6,12H2,1-2H3,(H,13,14). The molecule has 0 aliphatic carbocycles. The number of carboxylic acids is 1. The Bertz CT molecular complexity index is 363. The van der Waals surface area contributed by atoms with Crippen molar-refractivity contribution >= 4 is 5.97 Å². The average molecular weight is 209 g/mol. The fourth-order valence-electron chi connectivity index (χ4n) is 1.43. The van der Waals surface area contributed by atoms with Gasteiger partial charge in [-0.15, -0.1) is 0 Å². The molecule has 1 atom stereocenters. The van der Waals surface area contributed by atoms with E-state index in [1.54, 1.807) is 7.11 Å². The lowest BCUT2D eigenvalue weighted by Crippen LogP contribution is -2.32. The third-order valence-electron chi connectivity index (χ3n) is 2.37. The first-order chi connectivity index (χ1) is 7.06.